The Kier molecular flexibility index (Phi) is 2.64. The summed E-state index contributed by atoms with van der Waals surface area (Å²) in [6.07, 6.45) is 5.12. The first-order valence-corrected chi connectivity index (χ1v) is 7.49. The van der Waals surface area contributed by atoms with E-state index in [2.05, 4.69) is 24.0 Å². The smallest absolute Gasteiger partial charge is 0.200 e. The second-order valence-corrected chi connectivity index (χ2v) is 5.98. The van der Waals surface area contributed by atoms with E-state index in [-0.39, 0.29) is 5.72 Å². The molecule has 1 fully saturated rings. The molecule has 1 aromatic carbocycles. The molecule has 0 N–H and O–H groups in total. The van der Waals surface area contributed by atoms with Crippen molar-refractivity contribution in [3.8, 4) is 5.75 Å². The molecule has 0 amide bonds. The summed E-state index contributed by atoms with van der Waals surface area (Å²) in [5.41, 5.74) is 5.11. The molecule has 2 aromatic rings. The van der Waals surface area contributed by atoms with Gasteiger partial charge in [0.25, 0.3) is 0 Å². The van der Waals surface area contributed by atoms with Crippen molar-refractivity contribution in [3.05, 3.63) is 58.9 Å². The first-order chi connectivity index (χ1) is 10.2. The Morgan fingerprint density at radius 1 is 1.14 bits per heavy atom. The Bertz CT molecular complexity index is 745. The van der Waals surface area contributed by atoms with E-state index in [9.17, 15) is 0 Å². The zero-order valence-corrected chi connectivity index (χ0v) is 12.4. The molecule has 0 bridgehead atoms. The van der Waals surface area contributed by atoms with E-state index in [1.165, 1.54) is 12.0 Å². The summed E-state index contributed by atoms with van der Waals surface area (Å²) in [5, 5.41) is 0. The summed E-state index contributed by atoms with van der Waals surface area (Å²) < 4.78 is 6.15. The van der Waals surface area contributed by atoms with Crippen LogP contribution in [0.4, 0.5) is 0 Å². The van der Waals surface area contributed by atoms with E-state index in [4.69, 9.17) is 9.73 Å². The van der Waals surface area contributed by atoms with Crippen molar-refractivity contribution in [2.45, 2.75) is 38.8 Å². The zero-order chi connectivity index (χ0) is 14.4. The van der Waals surface area contributed by atoms with Gasteiger partial charge in [-0.3, -0.25) is 4.98 Å². The van der Waals surface area contributed by atoms with Crippen LogP contribution in [0.5, 0.6) is 5.75 Å². The van der Waals surface area contributed by atoms with E-state index in [1.807, 2.05) is 31.3 Å². The predicted molar refractivity (Wildman–Crippen MR) is 83.0 cm³/mol. The largest absolute Gasteiger partial charge is 0.465 e. The van der Waals surface area contributed by atoms with Crippen molar-refractivity contribution in [2.75, 3.05) is 0 Å². The average Bonchev–Trinajstić information content (AvgIpc) is 2.47. The molecule has 1 aliphatic carbocycles. The van der Waals surface area contributed by atoms with Gasteiger partial charge in [0.15, 0.2) is 0 Å². The molecule has 1 aromatic heterocycles. The molecule has 1 spiro atoms. The van der Waals surface area contributed by atoms with Crippen molar-refractivity contribution in [3.63, 3.8) is 0 Å². The summed E-state index contributed by atoms with van der Waals surface area (Å²) in [5.74, 6) is 0.945. The quantitative estimate of drug-likeness (QED) is 0.795. The van der Waals surface area contributed by atoms with Crippen molar-refractivity contribution in [1.29, 1.82) is 0 Å². The van der Waals surface area contributed by atoms with Crippen LogP contribution in [0.15, 0.2) is 41.5 Å². The highest BCUT2D eigenvalue weighted by Crippen LogP contribution is 2.43. The van der Waals surface area contributed by atoms with Crippen LogP contribution in [-0.4, -0.2) is 16.4 Å². The Morgan fingerprint density at radius 3 is 2.67 bits per heavy atom. The summed E-state index contributed by atoms with van der Waals surface area (Å²) in [4.78, 5) is 9.45. The number of nitrogens with zero attached hydrogens (tertiary/aromatic N) is 2. The number of hydrogen-bond acceptors (Lipinski definition) is 3. The van der Waals surface area contributed by atoms with Gasteiger partial charge in [-0.1, -0.05) is 12.1 Å². The lowest BCUT2D eigenvalue weighted by Gasteiger charge is -2.42. The Hall–Kier alpha value is -2.16. The zero-order valence-electron chi connectivity index (χ0n) is 12.4. The highest BCUT2D eigenvalue weighted by Gasteiger charge is 2.42. The number of hydrogen-bond donors (Lipinski definition) is 0. The maximum Gasteiger partial charge on any atom is 0.200 e. The van der Waals surface area contributed by atoms with E-state index >= 15 is 0 Å². The van der Waals surface area contributed by atoms with E-state index in [0.29, 0.717) is 0 Å². The van der Waals surface area contributed by atoms with Crippen LogP contribution >= 0.6 is 0 Å². The van der Waals surface area contributed by atoms with Crippen molar-refractivity contribution in [2.24, 2.45) is 4.99 Å². The Labute approximate surface area is 124 Å². The minimum absolute atomic E-state index is 0.331. The van der Waals surface area contributed by atoms with Crippen LogP contribution in [0, 0.1) is 13.8 Å². The molecule has 0 saturated heterocycles. The predicted octanol–water partition coefficient (Wildman–Crippen LogP) is 3.81. The second kappa shape index (κ2) is 4.42. The highest BCUT2D eigenvalue weighted by molar-refractivity contribution is 6.15. The summed E-state index contributed by atoms with van der Waals surface area (Å²) in [6.45, 7) is 4.13. The van der Waals surface area contributed by atoms with Crippen LogP contribution in [-0.2, 0) is 0 Å². The lowest BCUT2D eigenvalue weighted by Crippen LogP contribution is -2.44. The van der Waals surface area contributed by atoms with Gasteiger partial charge in [-0.25, -0.2) is 4.99 Å². The number of fused-ring (bicyclic) bond motifs is 1. The monoisotopic (exact) mass is 278 g/mol. The first kappa shape index (κ1) is 12.6. The molecule has 0 radical (unpaired) electrons. The third-order valence-corrected chi connectivity index (χ3v) is 4.51. The average molecular weight is 278 g/mol. The van der Waals surface area contributed by atoms with Crippen LogP contribution in [0.2, 0.25) is 0 Å². The van der Waals surface area contributed by atoms with Gasteiger partial charge >= 0.3 is 0 Å². The molecule has 1 aliphatic heterocycles. The number of benzene rings is 1. The number of ether oxygens (including phenoxy) is 1. The van der Waals surface area contributed by atoms with Gasteiger partial charge in [0.05, 0.1) is 5.71 Å². The fraction of sp³-hybridized carbons (Fsp3) is 0.333. The van der Waals surface area contributed by atoms with Gasteiger partial charge in [-0.15, -0.1) is 0 Å². The molecule has 1 saturated carbocycles. The topological polar surface area (TPSA) is 34.5 Å². The number of pyridine rings is 1. The third kappa shape index (κ3) is 1.96. The van der Waals surface area contributed by atoms with E-state index in [1.54, 1.807) is 0 Å². The second-order valence-electron chi connectivity index (χ2n) is 5.98. The molecule has 0 unspecified atom stereocenters. The van der Waals surface area contributed by atoms with Crippen molar-refractivity contribution >= 4 is 5.71 Å². The molecular weight excluding hydrogens is 260 g/mol. The van der Waals surface area contributed by atoms with Gasteiger partial charge in [0.2, 0.25) is 5.72 Å². The molecule has 3 nitrogen and oxygen atoms in total. The number of rotatable bonds is 1. The van der Waals surface area contributed by atoms with Crippen LogP contribution in [0.25, 0.3) is 0 Å². The minimum Gasteiger partial charge on any atom is -0.465 e. The Morgan fingerprint density at radius 2 is 1.95 bits per heavy atom. The lowest BCUT2D eigenvalue weighted by atomic mass is 9.86. The lowest BCUT2D eigenvalue weighted by molar-refractivity contribution is -0.00150. The van der Waals surface area contributed by atoms with Crippen LogP contribution in [0.3, 0.4) is 0 Å². The third-order valence-electron chi connectivity index (χ3n) is 4.51. The van der Waals surface area contributed by atoms with Crippen molar-refractivity contribution in [1.82, 2.24) is 4.98 Å². The van der Waals surface area contributed by atoms with E-state index < -0.39 is 0 Å². The number of aryl methyl sites for hydroxylation is 2. The van der Waals surface area contributed by atoms with Crippen LogP contribution < -0.4 is 4.74 Å². The fourth-order valence-electron chi connectivity index (χ4n) is 2.93. The van der Waals surface area contributed by atoms with Gasteiger partial charge in [0.1, 0.15) is 5.75 Å². The molecule has 2 aliphatic rings. The molecule has 21 heavy (non-hydrogen) atoms. The van der Waals surface area contributed by atoms with Crippen molar-refractivity contribution < 1.29 is 4.74 Å². The minimum atomic E-state index is -0.331. The SMILES string of the molecule is Cc1cc(C2=NC3(CCC3)Oc3ccccc32)cnc1C. The van der Waals surface area contributed by atoms with Crippen LogP contribution in [0.1, 0.15) is 41.6 Å². The first-order valence-electron chi connectivity index (χ1n) is 7.49. The standard InChI is InChI=1S/C18H18N2O/c1-12-10-14(11-19-13(12)2)17-15-6-3-4-7-16(15)21-18(20-17)8-5-9-18/h3-4,6-7,10-11H,5,8-9H2,1-2H3. The molecule has 2 heterocycles. The normalized spacial score (nSPS) is 18.5. The van der Waals surface area contributed by atoms with Gasteiger partial charge in [-0.2, -0.15) is 0 Å². The molecule has 106 valence electrons. The number of aromatic nitrogens is 1. The summed E-state index contributed by atoms with van der Waals surface area (Å²) in [7, 11) is 0. The molecule has 3 heteroatoms. The maximum absolute atomic E-state index is 6.15. The Balaban J connectivity index is 1.89. The number of para-hydroxylation sites is 1. The van der Waals surface area contributed by atoms with E-state index in [0.717, 1.165) is 41.1 Å². The van der Waals surface area contributed by atoms with Gasteiger partial charge in [-0.05, 0) is 44.0 Å². The van der Waals surface area contributed by atoms with Gasteiger partial charge in [0, 0.05) is 35.9 Å². The summed E-state index contributed by atoms with van der Waals surface area (Å²) in [6, 6.07) is 10.3. The molecule has 0 atom stereocenters. The maximum atomic E-state index is 6.15. The highest BCUT2D eigenvalue weighted by atomic mass is 16.5. The summed E-state index contributed by atoms with van der Waals surface area (Å²) >= 11 is 0. The molecular formula is C18H18N2O. The molecule has 4 rings (SSSR count). The van der Waals surface area contributed by atoms with Gasteiger partial charge < -0.3 is 4.74 Å². The number of aliphatic imine (C=N–C) groups is 1. The fourth-order valence-corrected chi connectivity index (χ4v) is 2.93.